The van der Waals surface area contributed by atoms with Crippen molar-refractivity contribution < 1.29 is 4.79 Å². The third-order valence-electron chi connectivity index (χ3n) is 3.67. The minimum atomic E-state index is 0.0477. The fourth-order valence-corrected chi connectivity index (χ4v) is 2.35. The number of nitrogens with one attached hydrogen (secondary N) is 1. The maximum Gasteiger partial charge on any atom is 0.246 e. The van der Waals surface area contributed by atoms with Crippen LogP contribution in [0, 0.1) is 6.92 Å². The lowest BCUT2D eigenvalue weighted by Gasteiger charge is -2.19. The molecule has 2 aromatic carbocycles. The molecular formula is C18H22N2O. The van der Waals surface area contributed by atoms with Crippen molar-refractivity contribution >= 4 is 17.3 Å². The number of aryl methyl sites for hydroxylation is 2. The van der Waals surface area contributed by atoms with Gasteiger partial charge in [-0.1, -0.05) is 43.3 Å². The van der Waals surface area contributed by atoms with Crippen LogP contribution in [0.4, 0.5) is 11.4 Å². The molecule has 0 fully saturated rings. The van der Waals surface area contributed by atoms with Gasteiger partial charge in [0.05, 0.1) is 6.54 Å². The molecule has 0 saturated carbocycles. The summed E-state index contributed by atoms with van der Waals surface area (Å²) in [5, 5.41) is 3.29. The number of carbonyl (C=O) groups is 1. The molecule has 0 aliphatic heterocycles. The first kappa shape index (κ1) is 15.1. The van der Waals surface area contributed by atoms with Crippen molar-refractivity contribution in [3.63, 3.8) is 0 Å². The second kappa shape index (κ2) is 6.93. The molecule has 21 heavy (non-hydrogen) atoms. The molecule has 0 saturated heterocycles. The van der Waals surface area contributed by atoms with Crippen LogP contribution in [0.2, 0.25) is 0 Å². The lowest BCUT2D eigenvalue weighted by Crippen LogP contribution is -2.32. The van der Waals surface area contributed by atoms with Gasteiger partial charge in [0.1, 0.15) is 0 Å². The highest BCUT2D eigenvalue weighted by molar-refractivity contribution is 5.95. The van der Waals surface area contributed by atoms with Gasteiger partial charge in [-0.15, -0.1) is 0 Å². The van der Waals surface area contributed by atoms with Gasteiger partial charge in [-0.2, -0.15) is 0 Å². The number of nitrogens with zero attached hydrogens (tertiary/aromatic N) is 1. The van der Waals surface area contributed by atoms with Gasteiger partial charge < -0.3 is 10.2 Å². The van der Waals surface area contributed by atoms with E-state index >= 15 is 0 Å². The number of benzene rings is 2. The first-order valence-corrected chi connectivity index (χ1v) is 7.27. The van der Waals surface area contributed by atoms with Gasteiger partial charge in [0.2, 0.25) is 5.91 Å². The summed E-state index contributed by atoms with van der Waals surface area (Å²) in [5.74, 6) is 0.0477. The van der Waals surface area contributed by atoms with Crippen molar-refractivity contribution in [1.82, 2.24) is 0 Å². The molecule has 2 rings (SSSR count). The number of hydrogen-bond acceptors (Lipinski definition) is 2. The van der Waals surface area contributed by atoms with Crippen molar-refractivity contribution in [3.8, 4) is 0 Å². The van der Waals surface area contributed by atoms with Crippen molar-refractivity contribution in [2.24, 2.45) is 0 Å². The fourth-order valence-electron chi connectivity index (χ4n) is 2.35. The second-order valence-corrected chi connectivity index (χ2v) is 5.10. The monoisotopic (exact) mass is 282 g/mol. The maximum atomic E-state index is 12.3. The van der Waals surface area contributed by atoms with Crippen LogP contribution >= 0.6 is 0 Å². The number of para-hydroxylation sites is 2. The molecule has 0 aliphatic rings. The van der Waals surface area contributed by atoms with Crippen LogP contribution < -0.4 is 10.2 Å². The summed E-state index contributed by atoms with van der Waals surface area (Å²) in [7, 11) is 1.80. The molecule has 0 aromatic heterocycles. The predicted octanol–water partition coefficient (Wildman–Crippen LogP) is 3.63. The highest BCUT2D eigenvalue weighted by Gasteiger charge is 2.11. The normalized spacial score (nSPS) is 10.2. The summed E-state index contributed by atoms with van der Waals surface area (Å²) in [6.07, 6.45) is 0.951. The number of hydrogen-bond donors (Lipinski definition) is 1. The molecule has 1 N–H and O–H groups in total. The topological polar surface area (TPSA) is 32.3 Å². The standard InChI is InChI=1S/C18H22N2O/c1-4-15-10-8-9-14(2)18(15)19-13-17(21)20(3)16-11-6-5-7-12-16/h5-12,19H,4,13H2,1-3H3. The zero-order valence-electron chi connectivity index (χ0n) is 12.9. The van der Waals surface area contributed by atoms with E-state index in [2.05, 4.69) is 37.4 Å². The summed E-state index contributed by atoms with van der Waals surface area (Å²) in [4.78, 5) is 14.0. The van der Waals surface area contributed by atoms with Gasteiger partial charge in [0.25, 0.3) is 0 Å². The first-order valence-electron chi connectivity index (χ1n) is 7.27. The molecule has 2 aromatic rings. The molecule has 1 amide bonds. The van der Waals surface area contributed by atoms with Crippen LogP contribution in [0.3, 0.4) is 0 Å². The highest BCUT2D eigenvalue weighted by Crippen LogP contribution is 2.21. The average molecular weight is 282 g/mol. The summed E-state index contributed by atoms with van der Waals surface area (Å²) in [6, 6.07) is 15.9. The molecule has 110 valence electrons. The molecule has 0 aliphatic carbocycles. The van der Waals surface area contributed by atoms with Crippen LogP contribution in [0.1, 0.15) is 18.1 Å². The van der Waals surface area contributed by atoms with Gasteiger partial charge >= 0.3 is 0 Å². The minimum absolute atomic E-state index is 0.0477. The molecule has 0 atom stereocenters. The van der Waals surface area contributed by atoms with Crippen LogP contribution in [0.5, 0.6) is 0 Å². The molecule has 0 heterocycles. The van der Waals surface area contributed by atoms with Crippen molar-refractivity contribution in [3.05, 3.63) is 59.7 Å². The Morgan fingerprint density at radius 3 is 2.48 bits per heavy atom. The zero-order valence-corrected chi connectivity index (χ0v) is 12.9. The Balaban J connectivity index is 2.05. The van der Waals surface area contributed by atoms with Crippen molar-refractivity contribution in [2.75, 3.05) is 23.8 Å². The molecule has 3 nitrogen and oxygen atoms in total. The first-order chi connectivity index (χ1) is 10.1. The smallest absolute Gasteiger partial charge is 0.246 e. The van der Waals surface area contributed by atoms with E-state index in [1.807, 2.05) is 30.3 Å². The van der Waals surface area contributed by atoms with E-state index in [-0.39, 0.29) is 5.91 Å². The summed E-state index contributed by atoms with van der Waals surface area (Å²) in [6.45, 7) is 4.48. The number of anilines is 2. The molecular weight excluding hydrogens is 260 g/mol. The van der Waals surface area contributed by atoms with Crippen molar-refractivity contribution in [2.45, 2.75) is 20.3 Å². The molecule has 0 unspecified atom stereocenters. The van der Waals surface area contributed by atoms with Gasteiger partial charge in [-0.3, -0.25) is 4.79 Å². The number of rotatable bonds is 5. The van der Waals surface area contributed by atoms with E-state index in [1.165, 1.54) is 11.1 Å². The molecule has 3 heteroatoms. The number of carbonyl (C=O) groups excluding carboxylic acids is 1. The lowest BCUT2D eigenvalue weighted by atomic mass is 10.1. The Kier molecular flexibility index (Phi) is 4.99. The summed E-state index contributed by atoms with van der Waals surface area (Å²) < 4.78 is 0. The maximum absolute atomic E-state index is 12.3. The Morgan fingerprint density at radius 1 is 1.10 bits per heavy atom. The van der Waals surface area contributed by atoms with E-state index in [1.54, 1.807) is 11.9 Å². The highest BCUT2D eigenvalue weighted by atomic mass is 16.2. The SMILES string of the molecule is CCc1cccc(C)c1NCC(=O)N(C)c1ccccc1. The summed E-state index contributed by atoms with van der Waals surface area (Å²) >= 11 is 0. The van der Waals surface area contributed by atoms with E-state index in [0.29, 0.717) is 6.54 Å². The average Bonchev–Trinajstić information content (AvgIpc) is 2.53. The van der Waals surface area contributed by atoms with Crippen LogP contribution in [0.15, 0.2) is 48.5 Å². The van der Waals surface area contributed by atoms with Gasteiger partial charge in [-0.25, -0.2) is 0 Å². The molecule has 0 radical (unpaired) electrons. The lowest BCUT2D eigenvalue weighted by molar-refractivity contribution is -0.116. The quantitative estimate of drug-likeness (QED) is 0.908. The Bertz CT molecular complexity index is 608. The van der Waals surface area contributed by atoms with E-state index in [9.17, 15) is 4.79 Å². The van der Waals surface area contributed by atoms with E-state index in [0.717, 1.165) is 17.8 Å². The van der Waals surface area contributed by atoms with E-state index < -0.39 is 0 Å². The van der Waals surface area contributed by atoms with Crippen LogP contribution in [-0.2, 0) is 11.2 Å². The van der Waals surface area contributed by atoms with Gasteiger partial charge in [0, 0.05) is 18.4 Å². The zero-order chi connectivity index (χ0) is 15.2. The number of amides is 1. The van der Waals surface area contributed by atoms with Crippen LogP contribution in [0.25, 0.3) is 0 Å². The minimum Gasteiger partial charge on any atom is -0.376 e. The Hall–Kier alpha value is -2.29. The van der Waals surface area contributed by atoms with Crippen LogP contribution in [-0.4, -0.2) is 19.5 Å². The number of likely N-dealkylation sites (N-methyl/N-ethyl adjacent to an activating group) is 1. The largest absolute Gasteiger partial charge is 0.376 e. The molecule has 0 spiro atoms. The third-order valence-corrected chi connectivity index (χ3v) is 3.67. The summed E-state index contributed by atoms with van der Waals surface area (Å²) in [5.41, 5.74) is 4.40. The van der Waals surface area contributed by atoms with Crippen molar-refractivity contribution in [1.29, 1.82) is 0 Å². The Morgan fingerprint density at radius 2 is 1.81 bits per heavy atom. The molecule has 0 bridgehead atoms. The third kappa shape index (κ3) is 3.63. The fraction of sp³-hybridized carbons (Fsp3) is 0.278. The Labute approximate surface area is 126 Å². The second-order valence-electron chi connectivity index (χ2n) is 5.10. The predicted molar refractivity (Wildman–Crippen MR) is 88.9 cm³/mol. The van der Waals surface area contributed by atoms with Gasteiger partial charge in [-0.05, 0) is 36.6 Å². The van der Waals surface area contributed by atoms with E-state index in [4.69, 9.17) is 0 Å². The van der Waals surface area contributed by atoms with Gasteiger partial charge in [0.15, 0.2) is 0 Å².